The van der Waals surface area contributed by atoms with Crippen molar-refractivity contribution in [1.29, 1.82) is 0 Å². The number of imide groups is 1. The van der Waals surface area contributed by atoms with E-state index in [1.165, 1.54) is 17.3 Å². The third-order valence-corrected chi connectivity index (χ3v) is 6.18. The Morgan fingerprint density at radius 3 is 2.21 bits per heavy atom. The standard InChI is InChI=1S/C24H25N3O2.C4H7NO2S.C2H6/c1-15-5-7-18(8-6-15)28-14-23-26-21-10-9-19(13-22(21)27(23)4)29-20-11-16(2)24(25)17(3)12-20;1-8-2-4(7)5-3-6;1-2/h5-13H,14,25H2,1-4H3;3H,2H2,1H3,(H,5,6,7);1-2H3. The quantitative estimate of drug-likeness (QED) is 0.202. The van der Waals surface area contributed by atoms with Gasteiger partial charge in [-0.05, 0) is 74.6 Å². The maximum absolute atomic E-state index is 10.3. The molecule has 0 aliphatic rings. The number of carbonyl (C=O) groups excluding carboxylic acids is 2. The van der Waals surface area contributed by atoms with Gasteiger partial charge in [0.05, 0.1) is 16.8 Å². The van der Waals surface area contributed by atoms with E-state index in [-0.39, 0.29) is 5.91 Å². The van der Waals surface area contributed by atoms with Crippen LogP contribution in [0.5, 0.6) is 17.2 Å². The van der Waals surface area contributed by atoms with Crippen LogP contribution in [0.15, 0.2) is 54.6 Å². The van der Waals surface area contributed by atoms with Gasteiger partial charge in [0.2, 0.25) is 12.3 Å². The molecule has 0 atom stereocenters. The van der Waals surface area contributed by atoms with Crippen LogP contribution in [0.4, 0.5) is 5.69 Å². The summed E-state index contributed by atoms with van der Waals surface area (Å²) in [5, 5.41) is 2.01. The second-order valence-corrected chi connectivity index (χ2v) is 9.40. The Morgan fingerprint density at radius 1 is 1.00 bits per heavy atom. The number of nitrogens with two attached hydrogens (primary N) is 1. The highest BCUT2D eigenvalue weighted by Gasteiger charge is 2.11. The van der Waals surface area contributed by atoms with Gasteiger partial charge in [0.15, 0.2) is 0 Å². The molecule has 0 radical (unpaired) electrons. The first-order valence-electron chi connectivity index (χ1n) is 12.6. The number of aromatic nitrogens is 2. The van der Waals surface area contributed by atoms with E-state index in [4.69, 9.17) is 20.2 Å². The Morgan fingerprint density at radius 2 is 1.62 bits per heavy atom. The Kier molecular flexibility index (Phi) is 12.4. The van der Waals surface area contributed by atoms with Crippen molar-refractivity contribution in [3.05, 3.63) is 77.1 Å². The van der Waals surface area contributed by atoms with E-state index in [9.17, 15) is 9.59 Å². The molecule has 0 aliphatic carbocycles. The number of thioether (sulfide) groups is 1. The number of amides is 2. The SMILES string of the molecule is CC.CSCC(=O)NC=O.Cc1ccc(OCc2nc3ccc(Oc4cc(C)c(N)c(C)c4)cc3n2C)cc1. The van der Waals surface area contributed by atoms with E-state index in [1.807, 2.05) is 99.2 Å². The Labute approximate surface area is 234 Å². The largest absolute Gasteiger partial charge is 0.486 e. The van der Waals surface area contributed by atoms with Gasteiger partial charge in [0.25, 0.3) is 0 Å². The number of anilines is 1. The third kappa shape index (κ3) is 9.07. The van der Waals surface area contributed by atoms with Gasteiger partial charge in [-0.3, -0.25) is 14.9 Å². The van der Waals surface area contributed by atoms with Crippen LogP contribution >= 0.6 is 11.8 Å². The summed E-state index contributed by atoms with van der Waals surface area (Å²) in [7, 11) is 1.99. The van der Waals surface area contributed by atoms with Crippen LogP contribution in [0, 0.1) is 20.8 Å². The summed E-state index contributed by atoms with van der Waals surface area (Å²) in [5.41, 5.74) is 12.0. The van der Waals surface area contributed by atoms with Crippen molar-refractivity contribution in [2.75, 3.05) is 17.7 Å². The second-order valence-electron chi connectivity index (χ2n) is 8.53. The molecule has 208 valence electrons. The Bertz CT molecular complexity index is 1360. The zero-order valence-corrected chi connectivity index (χ0v) is 24.5. The summed E-state index contributed by atoms with van der Waals surface area (Å²) in [6.45, 7) is 10.4. The molecule has 4 aromatic rings. The first kappa shape index (κ1) is 31.2. The molecule has 0 fully saturated rings. The number of hydrogen-bond donors (Lipinski definition) is 2. The molecule has 9 heteroatoms. The highest BCUT2D eigenvalue weighted by atomic mass is 32.2. The van der Waals surface area contributed by atoms with E-state index >= 15 is 0 Å². The maximum Gasteiger partial charge on any atom is 0.236 e. The molecule has 39 heavy (non-hydrogen) atoms. The summed E-state index contributed by atoms with van der Waals surface area (Å²) in [6.07, 6.45) is 2.18. The molecule has 1 heterocycles. The maximum atomic E-state index is 10.3. The molecule has 0 saturated carbocycles. The van der Waals surface area contributed by atoms with Crippen LogP contribution < -0.4 is 20.5 Å². The summed E-state index contributed by atoms with van der Waals surface area (Å²) in [5.74, 6) is 3.33. The van der Waals surface area contributed by atoms with Crippen LogP contribution in [0.2, 0.25) is 0 Å². The molecule has 0 bridgehead atoms. The highest BCUT2D eigenvalue weighted by molar-refractivity contribution is 7.99. The average Bonchev–Trinajstić information content (AvgIpc) is 3.23. The number of carbonyl (C=O) groups is 2. The first-order chi connectivity index (χ1) is 18.7. The highest BCUT2D eigenvalue weighted by Crippen LogP contribution is 2.30. The lowest BCUT2D eigenvalue weighted by Gasteiger charge is -2.11. The number of nitrogens with one attached hydrogen (secondary N) is 1. The predicted octanol–water partition coefficient (Wildman–Crippen LogP) is 6.10. The van der Waals surface area contributed by atoms with Gasteiger partial charge in [-0.15, -0.1) is 0 Å². The molecular formula is C30H38N4O4S. The van der Waals surface area contributed by atoms with Crippen LogP contribution in [0.1, 0.15) is 36.4 Å². The molecule has 4 rings (SSSR count). The van der Waals surface area contributed by atoms with Gasteiger partial charge >= 0.3 is 0 Å². The topological polar surface area (TPSA) is 108 Å². The smallest absolute Gasteiger partial charge is 0.236 e. The minimum atomic E-state index is -0.243. The van der Waals surface area contributed by atoms with Gasteiger partial charge in [0, 0.05) is 18.8 Å². The average molecular weight is 551 g/mol. The minimum absolute atomic E-state index is 0.243. The van der Waals surface area contributed by atoms with E-state index < -0.39 is 0 Å². The monoisotopic (exact) mass is 550 g/mol. The fraction of sp³-hybridized carbons (Fsp3) is 0.300. The van der Waals surface area contributed by atoms with Gasteiger partial charge in [-0.2, -0.15) is 11.8 Å². The second kappa shape index (κ2) is 15.4. The number of ether oxygens (including phenoxy) is 2. The lowest BCUT2D eigenvalue weighted by atomic mass is 10.1. The number of nitrogens with zero attached hydrogens (tertiary/aromatic N) is 2. The fourth-order valence-electron chi connectivity index (χ4n) is 3.56. The van der Waals surface area contributed by atoms with Crippen LogP contribution in [0.3, 0.4) is 0 Å². The summed E-state index contributed by atoms with van der Waals surface area (Å²) < 4.78 is 14.0. The number of fused-ring (bicyclic) bond motifs is 1. The zero-order valence-electron chi connectivity index (χ0n) is 23.7. The molecule has 1 aromatic heterocycles. The number of hydrogen-bond acceptors (Lipinski definition) is 7. The van der Waals surface area contributed by atoms with Crippen molar-refractivity contribution in [2.24, 2.45) is 7.05 Å². The molecular weight excluding hydrogens is 512 g/mol. The number of benzene rings is 3. The third-order valence-electron chi connectivity index (χ3n) is 5.63. The Balaban J connectivity index is 0.000000460. The number of rotatable bonds is 8. The van der Waals surface area contributed by atoms with Gasteiger partial charge < -0.3 is 19.8 Å². The van der Waals surface area contributed by atoms with Crippen LogP contribution in [0.25, 0.3) is 11.0 Å². The fourth-order valence-corrected chi connectivity index (χ4v) is 3.91. The molecule has 3 aromatic carbocycles. The number of imidazole rings is 1. The van der Waals surface area contributed by atoms with Gasteiger partial charge in [0.1, 0.15) is 29.7 Å². The van der Waals surface area contributed by atoms with Crippen molar-refractivity contribution in [3.63, 3.8) is 0 Å². The van der Waals surface area contributed by atoms with Crippen LogP contribution in [-0.4, -0.2) is 33.9 Å². The molecule has 0 aliphatic heterocycles. The zero-order chi connectivity index (χ0) is 28.9. The molecule has 0 saturated heterocycles. The molecule has 0 unspecified atom stereocenters. The van der Waals surface area contributed by atoms with Crippen molar-refractivity contribution >= 4 is 40.8 Å². The minimum Gasteiger partial charge on any atom is -0.486 e. The van der Waals surface area contributed by atoms with Crippen molar-refractivity contribution in [2.45, 2.75) is 41.2 Å². The molecule has 3 N–H and O–H groups in total. The lowest BCUT2D eigenvalue weighted by molar-refractivity contribution is -0.123. The molecule has 2 amide bonds. The van der Waals surface area contributed by atoms with Crippen LogP contribution in [-0.2, 0) is 23.2 Å². The normalized spacial score (nSPS) is 10.0. The van der Waals surface area contributed by atoms with Crippen molar-refractivity contribution in [3.8, 4) is 17.2 Å². The summed E-state index contributed by atoms with van der Waals surface area (Å²) in [4.78, 5) is 24.5. The Hall–Kier alpha value is -3.98. The lowest BCUT2D eigenvalue weighted by Crippen LogP contribution is -2.22. The number of aryl methyl sites for hydroxylation is 4. The summed E-state index contributed by atoms with van der Waals surface area (Å²) >= 11 is 1.38. The van der Waals surface area contributed by atoms with Crippen molar-refractivity contribution < 1.29 is 19.1 Å². The first-order valence-corrected chi connectivity index (χ1v) is 14.0. The van der Waals surface area contributed by atoms with E-state index in [1.54, 1.807) is 6.26 Å². The van der Waals surface area contributed by atoms with E-state index in [0.29, 0.717) is 18.8 Å². The predicted molar refractivity (Wildman–Crippen MR) is 161 cm³/mol. The van der Waals surface area contributed by atoms with Gasteiger partial charge in [-0.25, -0.2) is 4.98 Å². The van der Waals surface area contributed by atoms with Gasteiger partial charge in [-0.1, -0.05) is 31.5 Å². The van der Waals surface area contributed by atoms with Crippen molar-refractivity contribution in [1.82, 2.24) is 14.9 Å². The summed E-state index contributed by atoms with van der Waals surface area (Å²) in [6, 6.07) is 17.8. The molecule has 8 nitrogen and oxygen atoms in total. The van der Waals surface area contributed by atoms with E-state index in [2.05, 4.69) is 6.92 Å². The van der Waals surface area contributed by atoms with E-state index in [0.717, 1.165) is 50.9 Å². The molecule has 0 spiro atoms. The number of nitrogen functional groups attached to an aromatic ring is 1.